The summed E-state index contributed by atoms with van der Waals surface area (Å²) in [6.07, 6.45) is 4.86. The maximum atomic E-state index is 12.8. The third-order valence-electron chi connectivity index (χ3n) is 4.82. The van der Waals surface area contributed by atoms with Gasteiger partial charge in [0.25, 0.3) is 5.91 Å². The Bertz CT molecular complexity index is 681. The topological polar surface area (TPSA) is 55.1 Å². The SMILES string of the molecule is Cc1ccc(N)cc1C(=O)NC(c1ccccc1)C1CCCC1.Cl. The van der Waals surface area contributed by atoms with Crippen LogP contribution >= 0.6 is 12.4 Å². The highest BCUT2D eigenvalue weighted by Gasteiger charge is 2.28. The largest absolute Gasteiger partial charge is 0.399 e. The molecule has 3 N–H and O–H groups in total. The number of halogens is 1. The molecule has 4 heteroatoms. The lowest BCUT2D eigenvalue weighted by Crippen LogP contribution is -2.33. The first-order valence-electron chi connectivity index (χ1n) is 8.37. The number of aryl methyl sites for hydroxylation is 1. The van der Waals surface area contributed by atoms with Crippen molar-refractivity contribution in [3.8, 4) is 0 Å². The number of nitrogens with one attached hydrogen (secondary N) is 1. The Morgan fingerprint density at radius 1 is 1.12 bits per heavy atom. The van der Waals surface area contributed by atoms with Crippen molar-refractivity contribution in [2.75, 3.05) is 5.73 Å². The third kappa shape index (κ3) is 4.09. The van der Waals surface area contributed by atoms with Crippen LogP contribution in [-0.4, -0.2) is 5.91 Å². The van der Waals surface area contributed by atoms with Crippen LogP contribution in [-0.2, 0) is 0 Å². The highest BCUT2D eigenvalue weighted by molar-refractivity contribution is 5.96. The Labute approximate surface area is 150 Å². The number of hydrogen-bond acceptors (Lipinski definition) is 2. The van der Waals surface area contributed by atoms with Crippen molar-refractivity contribution in [3.63, 3.8) is 0 Å². The first-order valence-corrected chi connectivity index (χ1v) is 8.37. The summed E-state index contributed by atoms with van der Waals surface area (Å²) < 4.78 is 0. The molecule has 1 aliphatic rings. The van der Waals surface area contributed by atoms with Gasteiger partial charge in [0, 0.05) is 11.3 Å². The van der Waals surface area contributed by atoms with Crippen LogP contribution in [0.15, 0.2) is 48.5 Å². The van der Waals surface area contributed by atoms with E-state index in [9.17, 15) is 4.79 Å². The van der Waals surface area contributed by atoms with Gasteiger partial charge in [0.2, 0.25) is 0 Å². The van der Waals surface area contributed by atoms with Crippen LogP contribution in [0.2, 0.25) is 0 Å². The molecule has 2 aromatic carbocycles. The Morgan fingerprint density at radius 3 is 2.46 bits per heavy atom. The Balaban J connectivity index is 0.00000208. The summed E-state index contributed by atoms with van der Waals surface area (Å²) in [6, 6.07) is 15.9. The average Bonchev–Trinajstić information content (AvgIpc) is 3.09. The molecular weight excluding hydrogens is 320 g/mol. The molecule has 0 heterocycles. The van der Waals surface area contributed by atoms with Crippen molar-refractivity contribution in [2.24, 2.45) is 5.92 Å². The molecule has 1 amide bonds. The number of amides is 1. The Hall–Kier alpha value is -2.00. The van der Waals surface area contributed by atoms with Gasteiger partial charge >= 0.3 is 0 Å². The number of benzene rings is 2. The van der Waals surface area contributed by atoms with Crippen LogP contribution in [0.5, 0.6) is 0 Å². The highest BCUT2D eigenvalue weighted by Crippen LogP contribution is 2.36. The minimum atomic E-state index is -0.0319. The molecule has 1 fully saturated rings. The predicted octanol–water partition coefficient (Wildman–Crippen LogP) is 4.66. The molecule has 3 nitrogen and oxygen atoms in total. The van der Waals surface area contributed by atoms with Gasteiger partial charge in [-0.2, -0.15) is 0 Å². The fraction of sp³-hybridized carbons (Fsp3) is 0.350. The van der Waals surface area contributed by atoms with Gasteiger partial charge in [-0.05, 0) is 48.9 Å². The van der Waals surface area contributed by atoms with Crippen LogP contribution in [0, 0.1) is 12.8 Å². The maximum Gasteiger partial charge on any atom is 0.252 e. The quantitative estimate of drug-likeness (QED) is 0.792. The van der Waals surface area contributed by atoms with Crippen molar-refractivity contribution in [2.45, 2.75) is 38.6 Å². The molecule has 0 saturated heterocycles. The zero-order valence-corrected chi connectivity index (χ0v) is 14.8. The molecule has 128 valence electrons. The average molecular weight is 345 g/mol. The monoisotopic (exact) mass is 344 g/mol. The lowest BCUT2D eigenvalue weighted by molar-refractivity contribution is 0.0921. The van der Waals surface area contributed by atoms with Gasteiger partial charge in [-0.25, -0.2) is 0 Å². The molecule has 0 spiro atoms. The van der Waals surface area contributed by atoms with Gasteiger partial charge in [-0.1, -0.05) is 49.2 Å². The molecule has 0 aliphatic heterocycles. The normalized spacial score (nSPS) is 15.5. The summed E-state index contributed by atoms with van der Waals surface area (Å²) >= 11 is 0. The fourth-order valence-corrected chi connectivity index (χ4v) is 3.53. The molecule has 2 aromatic rings. The van der Waals surface area contributed by atoms with Crippen LogP contribution < -0.4 is 11.1 Å². The van der Waals surface area contributed by atoms with E-state index in [1.165, 1.54) is 31.2 Å². The Morgan fingerprint density at radius 2 is 1.79 bits per heavy atom. The summed E-state index contributed by atoms with van der Waals surface area (Å²) in [4.78, 5) is 12.8. The van der Waals surface area contributed by atoms with Crippen LogP contribution in [0.25, 0.3) is 0 Å². The summed E-state index contributed by atoms with van der Waals surface area (Å²) in [7, 11) is 0. The number of rotatable bonds is 4. The number of nitrogens with two attached hydrogens (primary N) is 1. The molecule has 1 atom stereocenters. The second-order valence-corrected chi connectivity index (χ2v) is 6.48. The van der Waals surface area contributed by atoms with E-state index in [2.05, 4.69) is 17.4 Å². The standard InChI is InChI=1S/C20H24N2O.ClH/c1-14-11-12-17(21)13-18(14)20(23)22-19(16-9-5-6-10-16)15-7-3-2-4-8-15;/h2-4,7-8,11-13,16,19H,5-6,9-10,21H2,1H3,(H,22,23);1H. The molecule has 0 aromatic heterocycles. The molecule has 1 unspecified atom stereocenters. The van der Waals surface area contributed by atoms with Gasteiger partial charge < -0.3 is 11.1 Å². The molecule has 24 heavy (non-hydrogen) atoms. The van der Waals surface area contributed by atoms with Crippen molar-refractivity contribution >= 4 is 24.0 Å². The minimum absolute atomic E-state index is 0. The van der Waals surface area contributed by atoms with Gasteiger partial charge in [0.05, 0.1) is 6.04 Å². The molecule has 3 rings (SSSR count). The minimum Gasteiger partial charge on any atom is -0.399 e. The van der Waals surface area contributed by atoms with Gasteiger partial charge in [0.1, 0.15) is 0 Å². The molecule has 0 radical (unpaired) electrons. The molecular formula is C20H25ClN2O. The summed E-state index contributed by atoms with van der Waals surface area (Å²) in [6.45, 7) is 1.95. The summed E-state index contributed by atoms with van der Waals surface area (Å²) in [5.41, 5.74) is 9.29. The smallest absolute Gasteiger partial charge is 0.252 e. The van der Waals surface area contributed by atoms with Crippen LogP contribution in [0.1, 0.15) is 53.2 Å². The van der Waals surface area contributed by atoms with Crippen molar-refractivity contribution in [1.29, 1.82) is 0 Å². The van der Waals surface area contributed by atoms with E-state index in [0.717, 1.165) is 5.56 Å². The fourth-order valence-electron chi connectivity index (χ4n) is 3.53. The summed E-state index contributed by atoms with van der Waals surface area (Å²) in [5.74, 6) is 0.485. The van der Waals surface area contributed by atoms with Crippen LogP contribution in [0.3, 0.4) is 0 Å². The molecule has 1 aliphatic carbocycles. The number of hydrogen-bond donors (Lipinski definition) is 2. The number of nitrogen functional groups attached to an aromatic ring is 1. The first-order chi connectivity index (χ1) is 11.1. The second-order valence-electron chi connectivity index (χ2n) is 6.48. The predicted molar refractivity (Wildman–Crippen MR) is 101 cm³/mol. The van der Waals surface area contributed by atoms with Crippen molar-refractivity contribution in [3.05, 3.63) is 65.2 Å². The van der Waals surface area contributed by atoms with Gasteiger partial charge in [-0.15, -0.1) is 12.4 Å². The van der Waals surface area contributed by atoms with Gasteiger partial charge in [-0.3, -0.25) is 4.79 Å². The third-order valence-corrected chi connectivity index (χ3v) is 4.82. The van der Waals surface area contributed by atoms with E-state index in [4.69, 9.17) is 5.73 Å². The van der Waals surface area contributed by atoms with Crippen molar-refractivity contribution in [1.82, 2.24) is 5.32 Å². The van der Waals surface area contributed by atoms with Crippen LogP contribution in [0.4, 0.5) is 5.69 Å². The number of carbonyl (C=O) groups is 1. The second kappa shape index (κ2) is 8.20. The maximum absolute atomic E-state index is 12.8. The van der Waals surface area contributed by atoms with Gasteiger partial charge in [0.15, 0.2) is 0 Å². The number of anilines is 1. The molecule has 1 saturated carbocycles. The Kier molecular flexibility index (Phi) is 6.27. The van der Waals surface area contributed by atoms with E-state index >= 15 is 0 Å². The number of carbonyl (C=O) groups excluding carboxylic acids is 1. The van der Waals surface area contributed by atoms with E-state index in [1.54, 1.807) is 6.07 Å². The van der Waals surface area contributed by atoms with E-state index in [0.29, 0.717) is 17.2 Å². The summed E-state index contributed by atoms with van der Waals surface area (Å²) in [5, 5.41) is 3.27. The van der Waals surface area contributed by atoms with E-state index in [-0.39, 0.29) is 24.4 Å². The van der Waals surface area contributed by atoms with E-state index < -0.39 is 0 Å². The zero-order valence-electron chi connectivity index (χ0n) is 14.0. The lowest BCUT2D eigenvalue weighted by atomic mass is 9.91. The zero-order chi connectivity index (χ0) is 16.2. The first kappa shape index (κ1) is 18.3. The van der Waals surface area contributed by atoms with E-state index in [1.807, 2.05) is 37.3 Å². The lowest BCUT2D eigenvalue weighted by Gasteiger charge is -2.25. The molecule has 0 bridgehead atoms. The highest BCUT2D eigenvalue weighted by atomic mass is 35.5. The van der Waals surface area contributed by atoms with Crippen molar-refractivity contribution < 1.29 is 4.79 Å².